The third-order valence-corrected chi connectivity index (χ3v) is 16.9. The summed E-state index contributed by atoms with van der Waals surface area (Å²) in [4.78, 5) is 97.2. The number of hydrogen-bond donors (Lipinski definition) is 6. The second kappa shape index (κ2) is 29.2. The molecule has 2 aromatic heterocycles. The van der Waals surface area contributed by atoms with Crippen LogP contribution in [0.4, 0.5) is 9.59 Å². The van der Waals surface area contributed by atoms with E-state index in [0.29, 0.717) is 108 Å². The van der Waals surface area contributed by atoms with E-state index in [1.54, 1.807) is 44.2 Å². The molecule has 4 heterocycles. The lowest BCUT2D eigenvalue weighted by molar-refractivity contribution is -0.166. The number of benzene rings is 2. The largest absolute Gasteiger partial charge is 0.497 e. The van der Waals surface area contributed by atoms with Crippen LogP contribution in [-0.2, 0) is 49.7 Å². The van der Waals surface area contributed by atoms with Crippen molar-refractivity contribution >= 4 is 35.6 Å². The molecule has 8 rings (SSSR count). The number of hydrogen-bond acceptors (Lipinski definition) is 11. The summed E-state index contributed by atoms with van der Waals surface area (Å²) in [6.07, 6.45) is 22.4. The van der Waals surface area contributed by atoms with Crippen molar-refractivity contribution in [2.24, 2.45) is 22.7 Å². The van der Waals surface area contributed by atoms with Crippen LogP contribution < -0.4 is 30.7 Å². The van der Waals surface area contributed by atoms with Gasteiger partial charge in [-0.1, -0.05) is 69.7 Å². The number of likely N-dealkylation sites (tertiary alicyclic amines) is 2. The van der Waals surface area contributed by atoms with E-state index >= 15 is 0 Å². The number of imidazole rings is 2. The number of aromatic amines is 2. The van der Waals surface area contributed by atoms with E-state index in [-0.39, 0.29) is 29.7 Å². The minimum absolute atomic E-state index is 0.112. The number of nitrogens with one attached hydrogen (secondary N) is 6. The molecule has 6 N–H and O–H groups in total. The molecule has 6 amide bonds. The second-order valence-corrected chi connectivity index (χ2v) is 21.5. The number of H-pyrrole nitrogens is 2. The SMILES string of the molecule is CCC(=O)C1(C2CCCCC2)CCN(C(=O)C(Cc2ccc(OC)cc2)NC(=O)NCc2cnc[nH]2)CC1.CCOC(=O)C1(C2CCCCC2)CCN(C(=O)[C@@H](Cc2ccc(OC)cc2)NC(=O)NCCc2cnc[nH]2)CC1. The molecule has 0 bridgehead atoms. The normalized spacial score (nSPS) is 18.2. The molecule has 4 aromatic rings. The first-order valence-electron chi connectivity index (χ1n) is 28.5. The first-order chi connectivity index (χ1) is 37.9. The number of ketones is 1. The second-order valence-electron chi connectivity index (χ2n) is 21.5. The summed E-state index contributed by atoms with van der Waals surface area (Å²) in [5.41, 5.74) is 2.68. The average Bonchev–Trinajstić information content (AvgIpc) is 4.28. The Balaban J connectivity index is 0.000000226. The van der Waals surface area contributed by atoms with Crippen molar-refractivity contribution in [2.45, 2.75) is 148 Å². The Morgan fingerprint density at radius 2 is 1.06 bits per heavy atom. The van der Waals surface area contributed by atoms with Crippen LogP contribution >= 0.6 is 0 Å². The quantitative estimate of drug-likeness (QED) is 0.0444. The summed E-state index contributed by atoms with van der Waals surface area (Å²) in [5, 5.41) is 11.5. The number of esters is 1. The maximum atomic E-state index is 13.8. The molecule has 1 unspecified atom stereocenters. The molecular formula is C59H84N10O9. The Kier molecular flexibility index (Phi) is 22.0. The van der Waals surface area contributed by atoms with Gasteiger partial charge in [0.2, 0.25) is 11.8 Å². The summed E-state index contributed by atoms with van der Waals surface area (Å²) in [7, 11) is 3.22. The third-order valence-electron chi connectivity index (χ3n) is 16.9. The molecule has 2 aliphatic carbocycles. The molecule has 78 heavy (non-hydrogen) atoms. The highest BCUT2D eigenvalue weighted by molar-refractivity contribution is 5.89. The summed E-state index contributed by atoms with van der Waals surface area (Å²) in [6, 6.07) is 12.7. The minimum atomic E-state index is -0.745. The number of ether oxygens (including phenoxy) is 3. The number of carbonyl (C=O) groups is 6. The van der Waals surface area contributed by atoms with Crippen LogP contribution in [0.2, 0.25) is 0 Å². The van der Waals surface area contributed by atoms with Crippen molar-refractivity contribution in [3.05, 3.63) is 96.1 Å². The Bertz CT molecular complexity index is 2490. The Morgan fingerprint density at radius 3 is 1.50 bits per heavy atom. The molecular weight excluding hydrogens is 993 g/mol. The van der Waals surface area contributed by atoms with Gasteiger partial charge in [0.05, 0.1) is 51.1 Å². The van der Waals surface area contributed by atoms with E-state index in [9.17, 15) is 28.8 Å². The van der Waals surface area contributed by atoms with Crippen LogP contribution in [0.15, 0.2) is 73.6 Å². The summed E-state index contributed by atoms with van der Waals surface area (Å²) in [6.45, 7) is 6.87. The van der Waals surface area contributed by atoms with Gasteiger partial charge in [-0.15, -0.1) is 0 Å². The third kappa shape index (κ3) is 15.6. The van der Waals surface area contributed by atoms with Crippen molar-refractivity contribution in [2.75, 3.05) is 53.6 Å². The molecule has 0 radical (unpaired) electrons. The molecule has 19 nitrogen and oxygen atoms in total. The summed E-state index contributed by atoms with van der Waals surface area (Å²) < 4.78 is 16.1. The van der Waals surface area contributed by atoms with Crippen molar-refractivity contribution in [3.8, 4) is 11.5 Å². The van der Waals surface area contributed by atoms with Crippen molar-refractivity contribution < 1.29 is 43.0 Å². The monoisotopic (exact) mass is 1080 g/mol. The lowest BCUT2D eigenvalue weighted by atomic mass is 9.61. The van der Waals surface area contributed by atoms with Gasteiger partial charge >= 0.3 is 18.0 Å². The molecule has 4 fully saturated rings. The number of aromatic nitrogens is 4. The van der Waals surface area contributed by atoms with Crippen molar-refractivity contribution in [1.29, 1.82) is 0 Å². The molecule has 4 aliphatic rings. The van der Waals surface area contributed by atoms with E-state index in [4.69, 9.17) is 14.2 Å². The van der Waals surface area contributed by atoms with E-state index < -0.39 is 29.6 Å². The zero-order valence-electron chi connectivity index (χ0n) is 46.4. The Morgan fingerprint density at radius 1 is 0.615 bits per heavy atom. The average molecular weight is 1080 g/mol. The van der Waals surface area contributed by atoms with Crippen LogP contribution in [0, 0.1) is 22.7 Å². The highest BCUT2D eigenvalue weighted by atomic mass is 16.5. The van der Waals surface area contributed by atoms with Crippen LogP contribution in [0.25, 0.3) is 0 Å². The van der Waals surface area contributed by atoms with Crippen LogP contribution in [0.3, 0.4) is 0 Å². The maximum Gasteiger partial charge on any atom is 0.315 e. The maximum absolute atomic E-state index is 13.8. The topological polar surface area (TPSA) is 242 Å². The molecule has 2 aliphatic heterocycles. The van der Waals surface area contributed by atoms with Crippen LogP contribution in [-0.4, -0.2) is 131 Å². The smallest absolute Gasteiger partial charge is 0.315 e. The van der Waals surface area contributed by atoms with Gasteiger partial charge in [-0.2, -0.15) is 0 Å². The van der Waals surface area contributed by atoms with Gasteiger partial charge in [-0.05, 0) is 106 Å². The number of Topliss-reactive ketones (excluding diaryl/α,β-unsaturated/α-hetero) is 1. The minimum Gasteiger partial charge on any atom is -0.497 e. The fourth-order valence-corrected chi connectivity index (χ4v) is 12.4. The number of nitrogens with zero attached hydrogens (tertiary/aromatic N) is 4. The Hall–Kier alpha value is -6.92. The predicted molar refractivity (Wildman–Crippen MR) is 295 cm³/mol. The molecule has 2 atom stereocenters. The van der Waals surface area contributed by atoms with E-state index in [0.717, 1.165) is 72.5 Å². The molecule has 2 saturated carbocycles. The lowest BCUT2D eigenvalue weighted by Crippen LogP contribution is -2.56. The fourth-order valence-electron chi connectivity index (χ4n) is 12.4. The first-order valence-corrected chi connectivity index (χ1v) is 28.5. The van der Waals surface area contributed by atoms with Gasteiger partial charge in [0.25, 0.3) is 0 Å². The van der Waals surface area contributed by atoms with Gasteiger partial charge in [0, 0.05) is 81.9 Å². The van der Waals surface area contributed by atoms with Crippen LogP contribution in [0.5, 0.6) is 11.5 Å². The number of rotatable bonds is 21. The van der Waals surface area contributed by atoms with E-state index in [1.807, 2.05) is 67.3 Å². The van der Waals surface area contributed by atoms with Gasteiger partial charge in [-0.25, -0.2) is 19.6 Å². The number of amides is 6. The first kappa shape index (κ1) is 58.8. The molecule has 2 saturated heterocycles. The molecule has 424 valence electrons. The number of carbonyl (C=O) groups excluding carboxylic acids is 6. The summed E-state index contributed by atoms with van der Waals surface area (Å²) in [5.74, 6) is 2.16. The molecule has 19 heteroatoms. The summed E-state index contributed by atoms with van der Waals surface area (Å²) >= 11 is 0. The molecule has 2 aromatic carbocycles. The van der Waals surface area contributed by atoms with Gasteiger partial charge in [0.15, 0.2) is 0 Å². The van der Waals surface area contributed by atoms with E-state index in [1.165, 1.54) is 25.7 Å². The highest BCUT2D eigenvalue weighted by Crippen LogP contribution is 2.48. The van der Waals surface area contributed by atoms with Crippen molar-refractivity contribution in [1.82, 2.24) is 51.0 Å². The zero-order chi connectivity index (χ0) is 55.3. The predicted octanol–water partition coefficient (Wildman–Crippen LogP) is 7.62. The van der Waals surface area contributed by atoms with Gasteiger partial charge in [-0.3, -0.25) is 19.2 Å². The number of urea groups is 2. The number of piperidine rings is 2. The van der Waals surface area contributed by atoms with Crippen molar-refractivity contribution in [3.63, 3.8) is 0 Å². The number of methoxy groups -OCH3 is 2. The molecule has 0 spiro atoms. The Labute approximate surface area is 459 Å². The van der Waals surface area contributed by atoms with E-state index in [2.05, 4.69) is 41.2 Å². The van der Waals surface area contributed by atoms with Gasteiger partial charge in [0.1, 0.15) is 29.4 Å². The lowest BCUT2D eigenvalue weighted by Gasteiger charge is -2.47. The zero-order valence-corrected chi connectivity index (χ0v) is 46.4. The highest BCUT2D eigenvalue weighted by Gasteiger charge is 2.50. The van der Waals surface area contributed by atoms with Crippen LogP contribution in [0.1, 0.15) is 133 Å². The standard InChI is InChI=1S/C30H43N5O5.C29H41N5O4/c1-3-40-28(37)30(23-7-5-4-6-8-23)14-17-35(18-15-30)27(36)26(19-22-9-11-25(39-2)12-10-22)34-29(38)32-16-13-24-20-31-21-33-24;1-3-26(35)29(22-7-5-4-6-8-22)13-15-34(16-14-29)27(36)25(17-21-9-11-24(38-2)12-10-21)33-28(37)31-19-23-18-30-20-32-23/h9-12,20-21,23,26H,3-8,13-19H2,1-2H3,(H,31,33)(H2,32,34,38);9-12,18,20,22,25H,3-8,13-17,19H2,1-2H3,(H,30,32)(H2,31,33,37)/t26-;/m1./s1. The fraction of sp³-hybridized carbons (Fsp3) is 0.593. The van der Waals surface area contributed by atoms with Gasteiger partial charge < -0.3 is 55.2 Å².